The largest absolute Gasteiger partial charge is 0.362 e. The lowest BCUT2D eigenvalue weighted by atomic mass is 10.2. The van der Waals surface area contributed by atoms with Crippen molar-refractivity contribution in [3.63, 3.8) is 0 Å². The third kappa shape index (κ3) is 6.02. The van der Waals surface area contributed by atoms with Crippen molar-refractivity contribution in [2.75, 3.05) is 56.0 Å². The van der Waals surface area contributed by atoms with Gasteiger partial charge in [-0.15, -0.1) is 0 Å². The highest BCUT2D eigenvalue weighted by Gasteiger charge is 2.23. The minimum atomic E-state index is -0.335. The van der Waals surface area contributed by atoms with E-state index < -0.39 is 0 Å². The number of anilines is 2. The molecule has 1 fully saturated rings. The summed E-state index contributed by atoms with van der Waals surface area (Å²) >= 11 is 0. The van der Waals surface area contributed by atoms with Gasteiger partial charge in [0, 0.05) is 44.1 Å². The van der Waals surface area contributed by atoms with E-state index in [0.717, 1.165) is 12.2 Å². The molecule has 0 spiro atoms. The zero-order valence-electron chi connectivity index (χ0n) is 16.7. The number of nitrogens with one attached hydrogen (secondary N) is 1. The van der Waals surface area contributed by atoms with Gasteiger partial charge in [0.2, 0.25) is 11.8 Å². The number of hydrogen-bond donors (Lipinski definition) is 1. The second-order valence-electron chi connectivity index (χ2n) is 7.06. The molecule has 6 nitrogen and oxygen atoms in total. The molecule has 0 bridgehead atoms. The van der Waals surface area contributed by atoms with E-state index in [0.29, 0.717) is 38.4 Å². The Labute approximate surface area is 170 Å². The zero-order valence-corrected chi connectivity index (χ0v) is 16.7. The van der Waals surface area contributed by atoms with Crippen molar-refractivity contribution in [3.8, 4) is 0 Å². The van der Waals surface area contributed by atoms with Gasteiger partial charge < -0.3 is 15.1 Å². The first kappa shape index (κ1) is 20.8. The second kappa shape index (κ2) is 10.0. The lowest BCUT2D eigenvalue weighted by Crippen LogP contribution is -2.52. The summed E-state index contributed by atoms with van der Waals surface area (Å²) in [6, 6.07) is 15.6. The summed E-state index contributed by atoms with van der Waals surface area (Å²) in [4.78, 5) is 30.8. The zero-order chi connectivity index (χ0) is 20.6. The number of nitrogens with zero attached hydrogens (tertiary/aromatic N) is 3. The molecule has 1 aliphatic heterocycles. The molecular weight excluding hydrogens is 371 g/mol. The van der Waals surface area contributed by atoms with E-state index in [1.807, 2.05) is 47.1 Å². The minimum Gasteiger partial charge on any atom is -0.362 e. The summed E-state index contributed by atoms with van der Waals surface area (Å²) in [7, 11) is 0. The Balaban J connectivity index is 1.44. The van der Waals surface area contributed by atoms with Crippen LogP contribution in [0, 0.1) is 5.82 Å². The number of carbonyl (C=O) groups excluding carboxylic acids is 2. The Morgan fingerprint density at radius 1 is 1.00 bits per heavy atom. The van der Waals surface area contributed by atoms with Crippen LogP contribution in [0.2, 0.25) is 0 Å². The smallest absolute Gasteiger partial charge is 0.242 e. The quantitative estimate of drug-likeness (QED) is 0.778. The molecule has 154 valence electrons. The van der Waals surface area contributed by atoms with Gasteiger partial charge in [0.25, 0.3) is 0 Å². The molecule has 1 aliphatic rings. The topological polar surface area (TPSA) is 55.9 Å². The van der Waals surface area contributed by atoms with Crippen molar-refractivity contribution >= 4 is 23.2 Å². The van der Waals surface area contributed by atoms with E-state index in [9.17, 15) is 14.0 Å². The summed E-state index contributed by atoms with van der Waals surface area (Å²) in [5, 5.41) is 2.77. The Morgan fingerprint density at radius 2 is 1.66 bits per heavy atom. The maximum absolute atomic E-state index is 12.9. The SMILES string of the molecule is CCN(CC(=O)N1CCN(CC(=O)Nc2ccc(F)cc2)CC1)c1ccccc1. The third-order valence-electron chi connectivity index (χ3n) is 5.05. The number of hydrogen-bond acceptors (Lipinski definition) is 4. The second-order valence-corrected chi connectivity index (χ2v) is 7.06. The molecule has 0 aromatic heterocycles. The molecule has 1 N–H and O–H groups in total. The number of para-hydroxylation sites is 1. The first-order valence-corrected chi connectivity index (χ1v) is 9.90. The molecular formula is C22H27FN4O2. The van der Waals surface area contributed by atoms with Crippen molar-refractivity contribution in [2.24, 2.45) is 0 Å². The molecule has 3 rings (SSSR count). The van der Waals surface area contributed by atoms with Gasteiger partial charge in [-0.05, 0) is 43.3 Å². The van der Waals surface area contributed by atoms with Gasteiger partial charge in [-0.2, -0.15) is 0 Å². The monoisotopic (exact) mass is 398 g/mol. The maximum Gasteiger partial charge on any atom is 0.242 e. The number of amides is 2. The van der Waals surface area contributed by atoms with Gasteiger partial charge in [0.15, 0.2) is 0 Å². The summed E-state index contributed by atoms with van der Waals surface area (Å²) in [5.74, 6) is -0.374. The van der Waals surface area contributed by atoms with Crippen LogP contribution in [-0.4, -0.2) is 67.4 Å². The molecule has 29 heavy (non-hydrogen) atoms. The average molecular weight is 398 g/mol. The highest BCUT2D eigenvalue weighted by molar-refractivity contribution is 5.92. The van der Waals surface area contributed by atoms with Crippen LogP contribution in [0.5, 0.6) is 0 Å². The number of piperazine rings is 1. The summed E-state index contributed by atoms with van der Waals surface area (Å²) in [5.41, 5.74) is 1.62. The van der Waals surface area contributed by atoms with Crippen LogP contribution in [0.1, 0.15) is 6.92 Å². The lowest BCUT2D eigenvalue weighted by molar-refractivity contribution is -0.131. The highest BCUT2D eigenvalue weighted by Crippen LogP contribution is 2.14. The predicted octanol–water partition coefficient (Wildman–Crippen LogP) is 2.43. The molecule has 0 saturated carbocycles. The summed E-state index contributed by atoms with van der Waals surface area (Å²) in [6.45, 7) is 5.93. The lowest BCUT2D eigenvalue weighted by Gasteiger charge is -2.35. The average Bonchev–Trinajstić information content (AvgIpc) is 2.74. The molecule has 1 heterocycles. The summed E-state index contributed by atoms with van der Waals surface area (Å²) in [6.07, 6.45) is 0. The Kier molecular flexibility index (Phi) is 7.19. The van der Waals surface area contributed by atoms with Crippen LogP contribution in [0.15, 0.2) is 54.6 Å². The molecule has 1 saturated heterocycles. The molecule has 0 aliphatic carbocycles. The van der Waals surface area contributed by atoms with Crippen molar-refractivity contribution in [2.45, 2.75) is 6.92 Å². The fourth-order valence-corrected chi connectivity index (χ4v) is 3.38. The van der Waals surface area contributed by atoms with Crippen molar-refractivity contribution < 1.29 is 14.0 Å². The number of likely N-dealkylation sites (N-methyl/N-ethyl adjacent to an activating group) is 1. The van der Waals surface area contributed by atoms with E-state index in [1.165, 1.54) is 24.3 Å². The van der Waals surface area contributed by atoms with E-state index in [2.05, 4.69) is 10.2 Å². The van der Waals surface area contributed by atoms with Crippen molar-refractivity contribution in [1.82, 2.24) is 9.80 Å². The van der Waals surface area contributed by atoms with Crippen LogP contribution >= 0.6 is 0 Å². The molecule has 7 heteroatoms. The fourth-order valence-electron chi connectivity index (χ4n) is 3.38. The van der Waals surface area contributed by atoms with Crippen LogP contribution in [0.3, 0.4) is 0 Å². The molecule has 2 aromatic rings. The molecule has 0 atom stereocenters. The van der Waals surface area contributed by atoms with Gasteiger partial charge in [0.1, 0.15) is 5.82 Å². The maximum atomic E-state index is 12.9. The van der Waals surface area contributed by atoms with Gasteiger partial charge in [-0.25, -0.2) is 4.39 Å². The van der Waals surface area contributed by atoms with Gasteiger partial charge >= 0.3 is 0 Å². The standard InChI is InChI=1S/C22H27FN4O2/c1-2-26(20-6-4-3-5-7-20)17-22(29)27-14-12-25(13-15-27)16-21(28)24-19-10-8-18(23)9-11-19/h3-11H,2,12-17H2,1H3,(H,24,28). The Hall–Kier alpha value is -2.93. The van der Waals surface area contributed by atoms with E-state index in [-0.39, 0.29) is 24.2 Å². The number of rotatable bonds is 7. The first-order valence-electron chi connectivity index (χ1n) is 9.90. The first-order chi connectivity index (χ1) is 14.0. The van der Waals surface area contributed by atoms with Gasteiger partial charge in [-0.1, -0.05) is 18.2 Å². The number of benzene rings is 2. The number of carbonyl (C=O) groups is 2. The third-order valence-corrected chi connectivity index (χ3v) is 5.05. The Bertz CT molecular complexity index is 805. The van der Waals surface area contributed by atoms with Crippen LogP contribution in [0.25, 0.3) is 0 Å². The number of halogens is 1. The van der Waals surface area contributed by atoms with Crippen LogP contribution < -0.4 is 10.2 Å². The van der Waals surface area contributed by atoms with Gasteiger partial charge in [-0.3, -0.25) is 14.5 Å². The van der Waals surface area contributed by atoms with Crippen molar-refractivity contribution in [1.29, 1.82) is 0 Å². The molecule has 2 aromatic carbocycles. The van der Waals surface area contributed by atoms with E-state index >= 15 is 0 Å². The predicted molar refractivity (Wildman–Crippen MR) is 112 cm³/mol. The highest BCUT2D eigenvalue weighted by atomic mass is 19.1. The fraction of sp³-hybridized carbons (Fsp3) is 0.364. The molecule has 0 unspecified atom stereocenters. The van der Waals surface area contributed by atoms with E-state index in [4.69, 9.17) is 0 Å². The normalized spacial score (nSPS) is 14.5. The molecule has 0 radical (unpaired) electrons. The Morgan fingerprint density at radius 3 is 2.28 bits per heavy atom. The van der Waals surface area contributed by atoms with Crippen molar-refractivity contribution in [3.05, 3.63) is 60.4 Å². The van der Waals surface area contributed by atoms with Crippen LogP contribution in [-0.2, 0) is 9.59 Å². The van der Waals surface area contributed by atoms with Gasteiger partial charge in [0.05, 0.1) is 13.1 Å². The summed E-state index contributed by atoms with van der Waals surface area (Å²) < 4.78 is 12.9. The van der Waals surface area contributed by atoms with E-state index in [1.54, 1.807) is 0 Å². The van der Waals surface area contributed by atoms with Crippen LogP contribution in [0.4, 0.5) is 15.8 Å². The minimum absolute atomic E-state index is 0.103. The molecule has 2 amide bonds.